The lowest BCUT2D eigenvalue weighted by atomic mass is 10.0. The first kappa shape index (κ1) is 25.9. The Hall–Kier alpha value is -3.18. The van der Waals surface area contributed by atoms with Crippen molar-refractivity contribution >= 4 is 23.7 Å². The molecule has 1 aromatic rings. The van der Waals surface area contributed by atoms with E-state index in [4.69, 9.17) is 5.73 Å². The predicted molar refractivity (Wildman–Crippen MR) is 111 cm³/mol. The van der Waals surface area contributed by atoms with Crippen LogP contribution in [0.3, 0.4) is 0 Å². The number of aromatic hydroxyl groups is 1. The summed E-state index contributed by atoms with van der Waals surface area (Å²) in [6.45, 7) is 0.898. The van der Waals surface area contributed by atoms with E-state index in [0.717, 1.165) is 0 Å². The number of nitrogens with two attached hydrogens (primary N) is 1. The Morgan fingerprint density at radius 1 is 0.935 bits per heavy atom. The molecule has 0 heterocycles. The summed E-state index contributed by atoms with van der Waals surface area (Å²) < 4.78 is 0. The quantitative estimate of drug-likeness (QED) is 0.183. The molecule has 0 bridgehead atoms. The zero-order valence-electron chi connectivity index (χ0n) is 17.3. The molecule has 0 fully saturated rings. The third-order valence-corrected chi connectivity index (χ3v) is 4.45. The van der Waals surface area contributed by atoms with Crippen molar-refractivity contribution in [3.05, 3.63) is 29.8 Å². The number of amides is 3. The van der Waals surface area contributed by atoms with E-state index >= 15 is 0 Å². The number of phenolic OH excluding ortho intramolecular Hbond substituents is 1. The third-order valence-electron chi connectivity index (χ3n) is 4.45. The van der Waals surface area contributed by atoms with E-state index in [-0.39, 0.29) is 18.6 Å². The second-order valence-electron chi connectivity index (χ2n) is 7.05. The molecule has 3 atom stereocenters. The number of aliphatic hydroxyl groups is 1. The Morgan fingerprint density at radius 3 is 2.03 bits per heavy atom. The van der Waals surface area contributed by atoms with Gasteiger partial charge in [-0.3, -0.25) is 14.4 Å². The molecule has 1 aromatic carbocycles. The van der Waals surface area contributed by atoms with Gasteiger partial charge in [-0.05, 0) is 43.5 Å². The summed E-state index contributed by atoms with van der Waals surface area (Å²) in [6.07, 6.45) is 1.24. The maximum absolute atomic E-state index is 12.8. The summed E-state index contributed by atoms with van der Waals surface area (Å²) in [5, 5.41) is 35.3. The molecular formula is C20H30N4O7. The normalized spacial score (nSPS) is 13.5. The number of carbonyl (C=O) groups is 4. The smallest absolute Gasteiger partial charge is 0.326 e. The summed E-state index contributed by atoms with van der Waals surface area (Å²) >= 11 is 0. The van der Waals surface area contributed by atoms with E-state index in [1.807, 2.05) is 0 Å². The fourth-order valence-electron chi connectivity index (χ4n) is 2.81. The number of phenols is 1. The van der Waals surface area contributed by atoms with Crippen LogP contribution in [0.4, 0.5) is 0 Å². The first-order valence-corrected chi connectivity index (χ1v) is 9.87. The molecule has 172 valence electrons. The molecule has 0 radical (unpaired) electrons. The Balaban J connectivity index is 2.90. The molecule has 11 nitrogen and oxygen atoms in total. The number of rotatable bonds is 13. The van der Waals surface area contributed by atoms with Crippen molar-refractivity contribution in [3.8, 4) is 5.75 Å². The van der Waals surface area contributed by atoms with Crippen molar-refractivity contribution in [2.45, 2.75) is 50.7 Å². The molecule has 0 aliphatic rings. The first-order valence-electron chi connectivity index (χ1n) is 9.87. The Labute approximate surface area is 180 Å². The van der Waals surface area contributed by atoms with Gasteiger partial charge in [0.2, 0.25) is 17.7 Å². The van der Waals surface area contributed by atoms with Gasteiger partial charge in [0.1, 0.15) is 23.9 Å². The molecule has 3 amide bonds. The van der Waals surface area contributed by atoms with Crippen LogP contribution in [0.2, 0.25) is 0 Å². The van der Waals surface area contributed by atoms with E-state index in [2.05, 4.69) is 16.0 Å². The summed E-state index contributed by atoms with van der Waals surface area (Å²) in [6, 6.07) is 2.30. The predicted octanol–water partition coefficient (Wildman–Crippen LogP) is -1.39. The van der Waals surface area contributed by atoms with Gasteiger partial charge >= 0.3 is 5.97 Å². The minimum Gasteiger partial charge on any atom is -0.508 e. The summed E-state index contributed by atoms with van der Waals surface area (Å²) in [5.74, 6) is -3.25. The van der Waals surface area contributed by atoms with Crippen molar-refractivity contribution in [2.75, 3.05) is 13.2 Å². The molecule has 0 spiro atoms. The van der Waals surface area contributed by atoms with Gasteiger partial charge in [-0.15, -0.1) is 0 Å². The Morgan fingerprint density at radius 2 is 1.52 bits per heavy atom. The van der Waals surface area contributed by atoms with Crippen LogP contribution >= 0.6 is 0 Å². The highest BCUT2D eigenvalue weighted by molar-refractivity contribution is 5.93. The lowest BCUT2D eigenvalue weighted by molar-refractivity contribution is -0.142. The second kappa shape index (κ2) is 13.2. The Bertz CT molecular complexity index is 754. The SMILES string of the molecule is CC(=O)N[C@@H](CO)C(=O)N[C@@H](CCCCN)C(=O)N[C@@H](Cc1ccc(O)cc1)C(=O)O. The third kappa shape index (κ3) is 9.45. The maximum Gasteiger partial charge on any atom is 0.326 e. The van der Waals surface area contributed by atoms with E-state index in [0.29, 0.717) is 24.9 Å². The second-order valence-corrected chi connectivity index (χ2v) is 7.05. The lowest BCUT2D eigenvalue weighted by Crippen LogP contribution is -2.56. The van der Waals surface area contributed by atoms with Crippen LogP contribution in [0.5, 0.6) is 5.75 Å². The molecule has 0 aromatic heterocycles. The van der Waals surface area contributed by atoms with Crippen LogP contribution < -0.4 is 21.7 Å². The highest BCUT2D eigenvalue weighted by atomic mass is 16.4. The lowest BCUT2D eigenvalue weighted by Gasteiger charge is -2.23. The zero-order chi connectivity index (χ0) is 23.4. The molecule has 0 saturated heterocycles. The molecule has 0 aliphatic heterocycles. The zero-order valence-corrected chi connectivity index (χ0v) is 17.3. The largest absolute Gasteiger partial charge is 0.508 e. The summed E-state index contributed by atoms with van der Waals surface area (Å²) in [5.41, 5.74) is 6.05. The summed E-state index contributed by atoms with van der Waals surface area (Å²) in [4.78, 5) is 47.9. The molecule has 0 unspecified atom stereocenters. The molecule has 0 aliphatic carbocycles. The van der Waals surface area contributed by atoms with Crippen molar-refractivity contribution in [1.82, 2.24) is 16.0 Å². The van der Waals surface area contributed by atoms with Crippen LogP contribution in [0.25, 0.3) is 0 Å². The average molecular weight is 438 g/mol. The molecule has 1 rings (SSSR count). The van der Waals surface area contributed by atoms with Gasteiger partial charge in [0.15, 0.2) is 0 Å². The minimum atomic E-state index is -1.27. The fraction of sp³-hybridized carbons (Fsp3) is 0.500. The van der Waals surface area contributed by atoms with Gasteiger partial charge in [0, 0.05) is 13.3 Å². The number of carboxylic acids is 1. The number of benzene rings is 1. The van der Waals surface area contributed by atoms with Gasteiger partial charge in [-0.1, -0.05) is 12.1 Å². The molecular weight excluding hydrogens is 408 g/mol. The number of carboxylic acid groups (broad SMARTS) is 1. The Kier molecular flexibility index (Phi) is 11.0. The van der Waals surface area contributed by atoms with Crippen LogP contribution in [0.1, 0.15) is 31.7 Å². The van der Waals surface area contributed by atoms with E-state index in [9.17, 15) is 34.5 Å². The van der Waals surface area contributed by atoms with Crippen LogP contribution in [-0.2, 0) is 25.6 Å². The molecule has 11 heteroatoms. The fourth-order valence-corrected chi connectivity index (χ4v) is 2.81. The van der Waals surface area contributed by atoms with Crippen molar-refractivity contribution < 1.29 is 34.5 Å². The number of aliphatic hydroxyl groups excluding tert-OH is 1. The number of carbonyl (C=O) groups excluding carboxylic acids is 3. The molecule has 8 N–H and O–H groups in total. The van der Waals surface area contributed by atoms with Gasteiger partial charge in [-0.2, -0.15) is 0 Å². The number of nitrogens with one attached hydrogen (secondary N) is 3. The number of unbranched alkanes of at least 4 members (excludes halogenated alkanes) is 1. The van der Waals surface area contributed by atoms with Gasteiger partial charge in [0.25, 0.3) is 0 Å². The van der Waals surface area contributed by atoms with Gasteiger partial charge < -0.3 is 37.0 Å². The molecule has 31 heavy (non-hydrogen) atoms. The first-order chi connectivity index (χ1) is 14.7. The van der Waals surface area contributed by atoms with E-state index in [1.54, 1.807) is 0 Å². The summed E-state index contributed by atoms with van der Waals surface area (Å²) in [7, 11) is 0. The number of hydrogen-bond donors (Lipinski definition) is 7. The highest BCUT2D eigenvalue weighted by Gasteiger charge is 2.29. The van der Waals surface area contributed by atoms with Gasteiger partial charge in [0.05, 0.1) is 6.61 Å². The van der Waals surface area contributed by atoms with Crippen molar-refractivity contribution in [3.63, 3.8) is 0 Å². The number of aliphatic carboxylic acids is 1. The van der Waals surface area contributed by atoms with Crippen molar-refractivity contribution in [2.24, 2.45) is 5.73 Å². The topological polar surface area (TPSA) is 191 Å². The maximum atomic E-state index is 12.8. The minimum absolute atomic E-state index is 0.0277. The van der Waals surface area contributed by atoms with Crippen LogP contribution in [0, 0.1) is 0 Å². The van der Waals surface area contributed by atoms with E-state index in [1.165, 1.54) is 31.2 Å². The van der Waals surface area contributed by atoms with Crippen LogP contribution in [-0.4, -0.2) is 70.3 Å². The number of hydrogen-bond acceptors (Lipinski definition) is 7. The van der Waals surface area contributed by atoms with Crippen molar-refractivity contribution in [1.29, 1.82) is 0 Å². The highest BCUT2D eigenvalue weighted by Crippen LogP contribution is 2.12. The monoisotopic (exact) mass is 438 g/mol. The molecule has 0 saturated carbocycles. The average Bonchev–Trinajstić information content (AvgIpc) is 2.71. The standard InChI is InChI=1S/C20H30N4O7/c1-12(26)22-17(11-25)19(29)23-15(4-2-3-9-21)18(28)24-16(20(30)31)10-13-5-7-14(27)8-6-13/h5-8,15-17,25,27H,2-4,9-11,21H2,1H3,(H,22,26)(H,23,29)(H,24,28)(H,30,31)/t15-,16-,17-/m0/s1. The van der Waals surface area contributed by atoms with Gasteiger partial charge in [-0.25, -0.2) is 4.79 Å². The van der Waals surface area contributed by atoms with Crippen LogP contribution in [0.15, 0.2) is 24.3 Å². The van der Waals surface area contributed by atoms with E-state index < -0.39 is 48.4 Å².